The Hall–Kier alpha value is -2.43. The van der Waals surface area contributed by atoms with Crippen LogP contribution in [0.15, 0.2) is 54.6 Å². The van der Waals surface area contributed by atoms with Crippen LogP contribution in [0.2, 0.25) is 0 Å². The maximum atomic E-state index is 12.0. The number of likely N-dealkylation sites (tertiary alicyclic amines) is 1. The Labute approximate surface area is 180 Å². The lowest BCUT2D eigenvalue weighted by Crippen LogP contribution is -2.40. The number of carbonyl (C=O) groups excluding carboxylic acids is 1. The van der Waals surface area contributed by atoms with E-state index >= 15 is 0 Å². The normalized spacial score (nSPS) is 17.7. The van der Waals surface area contributed by atoms with Crippen molar-refractivity contribution < 1.29 is 14.3 Å². The summed E-state index contributed by atoms with van der Waals surface area (Å²) in [7, 11) is 0. The Bertz CT molecular complexity index is 831. The molecular weight excluding hydrogens is 374 g/mol. The molecule has 0 spiro atoms. The Morgan fingerprint density at radius 1 is 1.13 bits per heavy atom. The number of aryl methyl sites for hydroxylation is 1. The van der Waals surface area contributed by atoms with E-state index in [1.54, 1.807) is 0 Å². The molecule has 0 aliphatic carbocycles. The molecule has 1 atom stereocenters. The van der Waals surface area contributed by atoms with Gasteiger partial charge in [0.05, 0.1) is 25.7 Å². The topological polar surface area (TPSA) is 38.8 Å². The average Bonchev–Trinajstić information content (AvgIpc) is 2.77. The quantitative estimate of drug-likeness (QED) is 0.339. The van der Waals surface area contributed by atoms with E-state index in [1.165, 1.54) is 22.3 Å². The van der Waals surface area contributed by atoms with Gasteiger partial charge in [-0.1, -0.05) is 54.6 Å². The van der Waals surface area contributed by atoms with E-state index in [0.717, 1.165) is 32.5 Å². The minimum Gasteiger partial charge on any atom is -0.466 e. The summed E-state index contributed by atoms with van der Waals surface area (Å²) in [4.78, 5) is 14.4. The molecule has 0 N–H and O–H groups in total. The molecule has 0 saturated carbocycles. The smallest absolute Gasteiger partial charge is 0.310 e. The van der Waals surface area contributed by atoms with Crippen LogP contribution in [0.4, 0.5) is 0 Å². The average molecular weight is 408 g/mol. The third-order valence-corrected chi connectivity index (χ3v) is 5.57. The van der Waals surface area contributed by atoms with E-state index in [-0.39, 0.29) is 11.9 Å². The highest BCUT2D eigenvalue weighted by Crippen LogP contribution is 2.22. The number of ether oxygens (including phenoxy) is 2. The Morgan fingerprint density at radius 2 is 1.90 bits per heavy atom. The fraction of sp³-hybridized carbons (Fsp3) is 0.423. The summed E-state index contributed by atoms with van der Waals surface area (Å²) < 4.78 is 11.3. The van der Waals surface area contributed by atoms with Crippen LogP contribution in [0, 0.1) is 12.8 Å². The van der Waals surface area contributed by atoms with Crippen LogP contribution < -0.4 is 0 Å². The van der Waals surface area contributed by atoms with E-state index in [1.807, 2.05) is 13.0 Å². The van der Waals surface area contributed by atoms with Gasteiger partial charge in [-0.15, -0.1) is 0 Å². The summed E-state index contributed by atoms with van der Waals surface area (Å²) in [5.41, 5.74) is 4.83. The molecule has 3 rings (SSSR count). The lowest BCUT2D eigenvalue weighted by Gasteiger charge is -2.31. The van der Waals surface area contributed by atoms with Crippen molar-refractivity contribution in [2.24, 2.45) is 5.92 Å². The van der Waals surface area contributed by atoms with Gasteiger partial charge in [-0.3, -0.25) is 4.79 Å². The van der Waals surface area contributed by atoms with Crippen molar-refractivity contribution in [3.05, 3.63) is 71.3 Å². The van der Waals surface area contributed by atoms with Crippen molar-refractivity contribution in [2.45, 2.75) is 26.7 Å². The van der Waals surface area contributed by atoms with Crippen molar-refractivity contribution in [2.75, 3.05) is 39.5 Å². The van der Waals surface area contributed by atoms with Crippen LogP contribution in [-0.2, 0) is 14.3 Å². The second-order valence-corrected chi connectivity index (χ2v) is 7.84. The molecule has 1 heterocycles. The molecule has 0 unspecified atom stereocenters. The number of esters is 1. The third-order valence-electron chi connectivity index (χ3n) is 5.57. The Kier molecular flexibility index (Phi) is 8.66. The summed E-state index contributed by atoms with van der Waals surface area (Å²) in [5, 5.41) is 0. The molecule has 0 amide bonds. The summed E-state index contributed by atoms with van der Waals surface area (Å²) >= 11 is 0. The molecule has 4 nitrogen and oxygen atoms in total. The fourth-order valence-electron chi connectivity index (χ4n) is 3.97. The van der Waals surface area contributed by atoms with Crippen LogP contribution in [0.3, 0.4) is 0 Å². The van der Waals surface area contributed by atoms with Crippen molar-refractivity contribution in [1.82, 2.24) is 4.90 Å². The van der Waals surface area contributed by atoms with E-state index in [9.17, 15) is 4.79 Å². The molecule has 30 heavy (non-hydrogen) atoms. The first-order valence-electron chi connectivity index (χ1n) is 11.0. The first-order chi connectivity index (χ1) is 14.7. The van der Waals surface area contributed by atoms with E-state index in [4.69, 9.17) is 9.47 Å². The standard InChI is InChI=1S/C26H33NO3/c1-3-30-26(28)23-13-9-15-27(19-23)16-17-29-20-24(18-22-11-5-4-6-12-22)25-14-8-7-10-21(25)2/h4-8,10-12,14,18,23H,3,9,13,15-17,19-20H2,1-2H3/t23-/m1/s1. The summed E-state index contributed by atoms with van der Waals surface area (Å²) in [6, 6.07) is 18.8. The van der Waals surface area contributed by atoms with Crippen LogP contribution in [0.25, 0.3) is 11.6 Å². The Balaban J connectivity index is 1.57. The maximum Gasteiger partial charge on any atom is 0.310 e. The van der Waals surface area contributed by atoms with E-state index in [2.05, 4.69) is 66.4 Å². The molecule has 2 aromatic carbocycles. The summed E-state index contributed by atoms with van der Waals surface area (Å²) in [6.07, 6.45) is 4.17. The molecule has 0 bridgehead atoms. The van der Waals surface area contributed by atoms with Crippen LogP contribution >= 0.6 is 0 Å². The minimum absolute atomic E-state index is 0.000735. The number of hydrogen-bond donors (Lipinski definition) is 0. The summed E-state index contributed by atoms with van der Waals surface area (Å²) in [6.45, 7) is 8.29. The van der Waals surface area contributed by atoms with Gasteiger partial charge < -0.3 is 14.4 Å². The van der Waals surface area contributed by atoms with Gasteiger partial charge in [0.25, 0.3) is 0 Å². The van der Waals surface area contributed by atoms with Crippen LogP contribution in [0.5, 0.6) is 0 Å². The van der Waals surface area contributed by atoms with Crippen molar-refractivity contribution in [3.63, 3.8) is 0 Å². The minimum atomic E-state index is -0.0595. The number of nitrogens with zero attached hydrogens (tertiary/aromatic N) is 1. The molecular formula is C26H33NO3. The number of hydrogen-bond acceptors (Lipinski definition) is 4. The molecule has 1 aliphatic rings. The molecule has 0 radical (unpaired) electrons. The number of benzene rings is 2. The highest BCUT2D eigenvalue weighted by atomic mass is 16.5. The van der Waals surface area contributed by atoms with Gasteiger partial charge in [-0.25, -0.2) is 0 Å². The molecule has 0 aromatic heterocycles. The molecule has 4 heteroatoms. The predicted octanol–water partition coefficient (Wildman–Crippen LogP) is 4.83. The molecule has 160 valence electrons. The monoisotopic (exact) mass is 407 g/mol. The van der Waals surface area contributed by atoms with Crippen molar-refractivity contribution >= 4 is 17.6 Å². The SMILES string of the molecule is CCOC(=O)[C@@H]1CCCN(CCOCC(=Cc2ccccc2)c2ccccc2C)C1. The maximum absolute atomic E-state index is 12.0. The van der Waals surface area contributed by atoms with Gasteiger partial charge in [-0.2, -0.15) is 0 Å². The Morgan fingerprint density at radius 3 is 2.67 bits per heavy atom. The first kappa shape index (κ1) is 22.3. The van der Waals surface area contributed by atoms with Gasteiger partial charge in [0.15, 0.2) is 0 Å². The van der Waals surface area contributed by atoms with Gasteiger partial charge in [0.1, 0.15) is 0 Å². The van der Waals surface area contributed by atoms with Crippen molar-refractivity contribution in [1.29, 1.82) is 0 Å². The van der Waals surface area contributed by atoms with Crippen LogP contribution in [0.1, 0.15) is 36.5 Å². The number of rotatable bonds is 9. The second kappa shape index (κ2) is 11.7. The second-order valence-electron chi connectivity index (χ2n) is 7.84. The van der Waals surface area contributed by atoms with Gasteiger partial charge in [-0.05, 0) is 61.6 Å². The van der Waals surface area contributed by atoms with Gasteiger partial charge in [0.2, 0.25) is 0 Å². The van der Waals surface area contributed by atoms with Crippen LogP contribution in [-0.4, -0.2) is 50.3 Å². The molecule has 1 fully saturated rings. The molecule has 1 saturated heterocycles. The van der Waals surface area contributed by atoms with E-state index in [0.29, 0.717) is 19.8 Å². The van der Waals surface area contributed by atoms with Gasteiger partial charge >= 0.3 is 5.97 Å². The zero-order chi connectivity index (χ0) is 21.2. The lowest BCUT2D eigenvalue weighted by molar-refractivity contribution is -0.150. The highest BCUT2D eigenvalue weighted by Gasteiger charge is 2.26. The fourth-order valence-corrected chi connectivity index (χ4v) is 3.97. The lowest BCUT2D eigenvalue weighted by atomic mass is 9.98. The molecule has 2 aromatic rings. The van der Waals surface area contributed by atoms with Gasteiger partial charge in [0, 0.05) is 13.1 Å². The first-order valence-corrected chi connectivity index (χ1v) is 11.0. The largest absolute Gasteiger partial charge is 0.466 e. The third kappa shape index (κ3) is 6.54. The van der Waals surface area contributed by atoms with E-state index < -0.39 is 0 Å². The highest BCUT2D eigenvalue weighted by molar-refractivity contribution is 5.83. The predicted molar refractivity (Wildman–Crippen MR) is 122 cm³/mol. The zero-order valence-corrected chi connectivity index (χ0v) is 18.2. The zero-order valence-electron chi connectivity index (χ0n) is 18.2. The van der Waals surface area contributed by atoms with Crippen molar-refractivity contribution in [3.8, 4) is 0 Å². The summed E-state index contributed by atoms with van der Waals surface area (Å²) in [5.74, 6) is -0.0602. The number of carbonyl (C=O) groups is 1. The number of piperidine rings is 1. The molecule has 1 aliphatic heterocycles.